The minimum atomic E-state index is 0.826. The fraction of sp³-hybridized carbons (Fsp3) is 0.455. The van der Waals surface area contributed by atoms with Crippen molar-refractivity contribution >= 4 is 5.82 Å². The Morgan fingerprint density at radius 1 is 1.29 bits per heavy atom. The van der Waals surface area contributed by atoms with Gasteiger partial charge in [0.2, 0.25) is 0 Å². The predicted molar refractivity (Wildman–Crippen MR) is 64.6 cm³/mol. The zero-order valence-electron chi connectivity index (χ0n) is 10.1. The molecule has 0 saturated heterocycles. The Bertz CT molecular complexity index is 465. The SMILES string of the molecule is Cc1ncc(NCCCn2ccnn2)nc1C. The molecule has 2 aromatic heterocycles. The summed E-state index contributed by atoms with van der Waals surface area (Å²) in [5.41, 5.74) is 1.93. The van der Waals surface area contributed by atoms with Crippen molar-refractivity contribution in [3.05, 3.63) is 30.0 Å². The van der Waals surface area contributed by atoms with Gasteiger partial charge in [-0.2, -0.15) is 0 Å². The molecule has 0 spiro atoms. The monoisotopic (exact) mass is 232 g/mol. The van der Waals surface area contributed by atoms with E-state index in [4.69, 9.17) is 0 Å². The Balaban J connectivity index is 1.76. The summed E-state index contributed by atoms with van der Waals surface area (Å²) in [6.45, 7) is 5.61. The van der Waals surface area contributed by atoms with Crippen molar-refractivity contribution in [2.75, 3.05) is 11.9 Å². The number of anilines is 1. The predicted octanol–water partition coefficient (Wildman–Crippen LogP) is 1.19. The first-order chi connectivity index (χ1) is 8.25. The van der Waals surface area contributed by atoms with E-state index in [-0.39, 0.29) is 0 Å². The highest BCUT2D eigenvalue weighted by Crippen LogP contribution is 2.05. The van der Waals surface area contributed by atoms with Gasteiger partial charge in [-0.1, -0.05) is 5.21 Å². The molecule has 0 bridgehead atoms. The third-order valence-electron chi connectivity index (χ3n) is 2.53. The third-order valence-corrected chi connectivity index (χ3v) is 2.53. The van der Waals surface area contributed by atoms with E-state index in [1.54, 1.807) is 12.4 Å². The molecule has 0 unspecified atom stereocenters. The number of hydrogen-bond acceptors (Lipinski definition) is 5. The first kappa shape index (κ1) is 11.5. The number of aryl methyl sites for hydroxylation is 3. The maximum atomic E-state index is 4.40. The van der Waals surface area contributed by atoms with Gasteiger partial charge in [-0.05, 0) is 20.3 Å². The maximum Gasteiger partial charge on any atom is 0.144 e. The number of nitrogens with zero attached hydrogens (tertiary/aromatic N) is 5. The topological polar surface area (TPSA) is 68.5 Å². The van der Waals surface area contributed by atoms with Gasteiger partial charge < -0.3 is 5.32 Å². The molecule has 0 saturated carbocycles. The summed E-state index contributed by atoms with van der Waals surface area (Å²) in [6, 6.07) is 0. The van der Waals surface area contributed by atoms with E-state index in [2.05, 4.69) is 25.6 Å². The average Bonchev–Trinajstić information content (AvgIpc) is 2.82. The molecule has 0 aromatic carbocycles. The van der Waals surface area contributed by atoms with E-state index in [1.807, 2.05) is 24.7 Å². The van der Waals surface area contributed by atoms with Crippen LogP contribution in [0.2, 0.25) is 0 Å². The molecule has 2 aromatic rings. The van der Waals surface area contributed by atoms with E-state index in [0.717, 1.165) is 36.7 Å². The summed E-state index contributed by atoms with van der Waals surface area (Å²) in [6.07, 6.45) is 6.27. The minimum absolute atomic E-state index is 0.826. The Morgan fingerprint density at radius 2 is 2.18 bits per heavy atom. The quantitative estimate of drug-likeness (QED) is 0.784. The summed E-state index contributed by atoms with van der Waals surface area (Å²) >= 11 is 0. The first-order valence-corrected chi connectivity index (χ1v) is 5.64. The second-order valence-electron chi connectivity index (χ2n) is 3.87. The van der Waals surface area contributed by atoms with Crippen LogP contribution >= 0.6 is 0 Å². The maximum absolute atomic E-state index is 4.40. The number of aromatic nitrogens is 5. The Morgan fingerprint density at radius 3 is 2.88 bits per heavy atom. The highest BCUT2D eigenvalue weighted by Gasteiger charge is 1.98. The smallest absolute Gasteiger partial charge is 0.144 e. The normalized spacial score (nSPS) is 10.5. The second-order valence-corrected chi connectivity index (χ2v) is 3.87. The zero-order chi connectivity index (χ0) is 12.1. The lowest BCUT2D eigenvalue weighted by Crippen LogP contribution is -2.09. The molecule has 6 heteroatoms. The van der Waals surface area contributed by atoms with Crippen molar-refractivity contribution in [2.24, 2.45) is 0 Å². The Kier molecular flexibility index (Phi) is 3.64. The average molecular weight is 232 g/mol. The summed E-state index contributed by atoms with van der Waals surface area (Å²) in [7, 11) is 0. The van der Waals surface area contributed by atoms with Crippen LogP contribution in [0.1, 0.15) is 17.8 Å². The van der Waals surface area contributed by atoms with Gasteiger partial charge in [-0.15, -0.1) is 5.10 Å². The molecule has 2 rings (SSSR count). The van der Waals surface area contributed by atoms with Crippen LogP contribution < -0.4 is 5.32 Å². The van der Waals surface area contributed by atoms with Crippen LogP contribution in [-0.4, -0.2) is 31.5 Å². The van der Waals surface area contributed by atoms with Crippen LogP contribution in [0, 0.1) is 13.8 Å². The van der Waals surface area contributed by atoms with Crippen LogP contribution in [0.25, 0.3) is 0 Å². The molecule has 1 N–H and O–H groups in total. The van der Waals surface area contributed by atoms with E-state index in [9.17, 15) is 0 Å². The Labute approximate surface area is 100 Å². The van der Waals surface area contributed by atoms with Crippen LogP contribution in [0.15, 0.2) is 18.6 Å². The molecule has 2 heterocycles. The standard InChI is InChI=1S/C11H16N6/c1-9-10(2)15-11(8-13-9)12-4-3-6-17-7-5-14-16-17/h5,7-8H,3-4,6H2,1-2H3,(H,12,15). The van der Waals surface area contributed by atoms with Crippen molar-refractivity contribution < 1.29 is 0 Å². The van der Waals surface area contributed by atoms with Gasteiger partial charge in [0.15, 0.2) is 0 Å². The van der Waals surface area contributed by atoms with Crippen molar-refractivity contribution in [3.8, 4) is 0 Å². The molecular formula is C11H16N6. The molecule has 0 aliphatic rings. The minimum Gasteiger partial charge on any atom is -0.369 e. The summed E-state index contributed by atoms with van der Waals surface area (Å²) in [5.74, 6) is 0.826. The summed E-state index contributed by atoms with van der Waals surface area (Å²) < 4.78 is 1.81. The number of nitrogens with one attached hydrogen (secondary N) is 1. The van der Waals surface area contributed by atoms with Crippen molar-refractivity contribution in [3.63, 3.8) is 0 Å². The van der Waals surface area contributed by atoms with Gasteiger partial charge in [-0.3, -0.25) is 9.67 Å². The van der Waals surface area contributed by atoms with Gasteiger partial charge in [0.25, 0.3) is 0 Å². The lowest BCUT2D eigenvalue weighted by molar-refractivity contribution is 0.569. The largest absolute Gasteiger partial charge is 0.369 e. The summed E-state index contributed by atoms with van der Waals surface area (Å²) in [5, 5.41) is 10.9. The fourth-order valence-electron chi connectivity index (χ4n) is 1.44. The van der Waals surface area contributed by atoms with Crippen LogP contribution in [0.4, 0.5) is 5.82 Å². The van der Waals surface area contributed by atoms with Gasteiger partial charge >= 0.3 is 0 Å². The van der Waals surface area contributed by atoms with Gasteiger partial charge in [0.05, 0.1) is 23.8 Å². The third kappa shape index (κ3) is 3.24. The molecule has 0 atom stereocenters. The zero-order valence-corrected chi connectivity index (χ0v) is 10.1. The molecule has 0 aliphatic heterocycles. The molecule has 0 radical (unpaired) electrons. The molecule has 17 heavy (non-hydrogen) atoms. The molecule has 0 fully saturated rings. The van der Waals surface area contributed by atoms with E-state index in [0.29, 0.717) is 0 Å². The second kappa shape index (κ2) is 5.38. The van der Waals surface area contributed by atoms with Crippen molar-refractivity contribution in [1.29, 1.82) is 0 Å². The lowest BCUT2D eigenvalue weighted by Gasteiger charge is -2.06. The van der Waals surface area contributed by atoms with E-state index in [1.165, 1.54) is 0 Å². The molecule has 6 nitrogen and oxygen atoms in total. The first-order valence-electron chi connectivity index (χ1n) is 5.64. The van der Waals surface area contributed by atoms with E-state index >= 15 is 0 Å². The highest BCUT2D eigenvalue weighted by molar-refractivity contribution is 5.32. The number of hydrogen-bond donors (Lipinski definition) is 1. The lowest BCUT2D eigenvalue weighted by atomic mass is 10.3. The van der Waals surface area contributed by atoms with Crippen LogP contribution in [0.5, 0.6) is 0 Å². The highest BCUT2D eigenvalue weighted by atomic mass is 15.4. The molecule has 0 amide bonds. The fourth-order valence-corrected chi connectivity index (χ4v) is 1.44. The van der Waals surface area contributed by atoms with Gasteiger partial charge in [0.1, 0.15) is 5.82 Å². The Hall–Kier alpha value is -1.98. The molecule has 0 aliphatic carbocycles. The van der Waals surface area contributed by atoms with Crippen LogP contribution in [0.3, 0.4) is 0 Å². The molecule has 90 valence electrons. The number of rotatable bonds is 5. The van der Waals surface area contributed by atoms with Crippen molar-refractivity contribution in [1.82, 2.24) is 25.0 Å². The summed E-state index contributed by atoms with van der Waals surface area (Å²) in [4.78, 5) is 8.65. The van der Waals surface area contributed by atoms with Crippen molar-refractivity contribution in [2.45, 2.75) is 26.8 Å². The molecular weight excluding hydrogens is 216 g/mol. The van der Waals surface area contributed by atoms with Crippen LogP contribution in [-0.2, 0) is 6.54 Å². The van der Waals surface area contributed by atoms with Gasteiger partial charge in [0, 0.05) is 19.3 Å². The van der Waals surface area contributed by atoms with E-state index < -0.39 is 0 Å². The van der Waals surface area contributed by atoms with Gasteiger partial charge in [-0.25, -0.2) is 4.98 Å².